The maximum Gasteiger partial charge on any atom is 0.230 e. The van der Waals surface area contributed by atoms with Crippen LogP contribution in [0.2, 0.25) is 0 Å². The molecule has 0 aliphatic carbocycles. The number of nitrogens with two attached hydrogens (primary N) is 1. The van der Waals surface area contributed by atoms with Crippen molar-refractivity contribution in [2.24, 2.45) is 0 Å². The summed E-state index contributed by atoms with van der Waals surface area (Å²) in [7, 11) is 0. The number of benzene rings is 1. The summed E-state index contributed by atoms with van der Waals surface area (Å²) in [6.45, 7) is 5.47. The van der Waals surface area contributed by atoms with Gasteiger partial charge in [0.05, 0.1) is 28.1 Å². The van der Waals surface area contributed by atoms with Gasteiger partial charge < -0.3 is 15.8 Å². The van der Waals surface area contributed by atoms with Gasteiger partial charge in [0.1, 0.15) is 4.83 Å². The number of pyridine rings is 1. The summed E-state index contributed by atoms with van der Waals surface area (Å²) >= 11 is 2.85. The summed E-state index contributed by atoms with van der Waals surface area (Å²) in [6, 6.07) is 10.1. The number of nitrogens with one attached hydrogen (secondary N) is 1. The number of carbonyl (C=O) groups is 1. The number of thioether (sulfide) groups is 1. The van der Waals surface area contributed by atoms with E-state index in [0.717, 1.165) is 45.8 Å². The van der Waals surface area contributed by atoms with E-state index in [-0.39, 0.29) is 17.8 Å². The van der Waals surface area contributed by atoms with Crippen LogP contribution < -0.4 is 11.1 Å². The highest BCUT2D eigenvalue weighted by Gasteiger charge is 2.23. The Morgan fingerprint density at radius 3 is 2.94 bits per heavy atom. The second-order valence-electron chi connectivity index (χ2n) is 8.34. The number of thiophene rings is 1. The first-order valence-corrected chi connectivity index (χ1v) is 13.0. The lowest BCUT2D eigenvalue weighted by molar-refractivity contribution is -0.119. The maximum absolute atomic E-state index is 12.5. The maximum atomic E-state index is 12.5. The van der Waals surface area contributed by atoms with E-state index in [2.05, 4.69) is 46.5 Å². The Bertz CT molecular complexity index is 1340. The molecule has 1 atom stereocenters. The molecule has 10 heteroatoms. The van der Waals surface area contributed by atoms with Gasteiger partial charge >= 0.3 is 0 Å². The standard InChI is InChI=1S/C24H26N6O2S2/c1-14-7-8-16(11-15(14)2)30-22(21-20(25)18-6-3-9-26-23(18)34-21)28-29-24(30)33-13-19(31)27-12-17-5-4-10-32-17/h3,6-9,11,17H,4-5,10,12-13,25H2,1-2H3,(H,27,31). The Kier molecular flexibility index (Phi) is 6.53. The largest absolute Gasteiger partial charge is 0.397 e. The molecule has 0 bridgehead atoms. The second-order valence-corrected chi connectivity index (χ2v) is 10.3. The van der Waals surface area contributed by atoms with Crippen molar-refractivity contribution in [1.82, 2.24) is 25.1 Å². The number of aryl methyl sites for hydroxylation is 2. The molecule has 1 fully saturated rings. The van der Waals surface area contributed by atoms with E-state index in [1.54, 1.807) is 6.20 Å². The molecular weight excluding hydrogens is 468 g/mol. The van der Waals surface area contributed by atoms with E-state index in [1.807, 2.05) is 22.8 Å². The first kappa shape index (κ1) is 22.8. The van der Waals surface area contributed by atoms with Crippen LogP contribution in [0.5, 0.6) is 0 Å². The molecular formula is C24H26N6O2S2. The molecule has 1 saturated heterocycles. The average Bonchev–Trinajstić information content (AvgIpc) is 3.57. The predicted octanol–water partition coefficient (Wildman–Crippen LogP) is 4.13. The summed E-state index contributed by atoms with van der Waals surface area (Å²) in [5, 5.41) is 13.4. The lowest BCUT2D eigenvalue weighted by Gasteiger charge is -2.13. The third-order valence-electron chi connectivity index (χ3n) is 5.97. The normalized spacial score (nSPS) is 15.8. The minimum absolute atomic E-state index is 0.0535. The molecule has 1 aliphatic heterocycles. The van der Waals surface area contributed by atoms with Crippen molar-refractivity contribution in [1.29, 1.82) is 0 Å². The molecule has 1 aliphatic rings. The average molecular weight is 495 g/mol. The highest BCUT2D eigenvalue weighted by Crippen LogP contribution is 2.40. The zero-order chi connectivity index (χ0) is 23.7. The molecule has 3 N–H and O–H groups in total. The van der Waals surface area contributed by atoms with Gasteiger partial charge in [-0.15, -0.1) is 21.5 Å². The molecule has 34 heavy (non-hydrogen) atoms. The van der Waals surface area contributed by atoms with Crippen LogP contribution in [0, 0.1) is 13.8 Å². The first-order valence-electron chi connectivity index (χ1n) is 11.2. The van der Waals surface area contributed by atoms with E-state index < -0.39 is 0 Å². The van der Waals surface area contributed by atoms with Crippen molar-refractivity contribution >= 4 is 44.9 Å². The molecule has 4 aromatic rings. The number of fused-ring (bicyclic) bond motifs is 1. The lowest BCUT2D eigenvalue weighted by atomic mass is 10.1. The number of nitrogens with zero attached hydrogens (tertiary/aromatic N) is 4. The predicted molar refractivity (Wildman–Crippen MR) is 137 cm³/mol. The first-order chi connectivity index (χ1) is 16.5. The summed E-state index contributed by atoms with van der Waals surface area (Å²) in [5.41, 5.74) is 10.4. The number of hydrogen-bond donors (Lipinski definition) is 2. The number of rotatable bonds is 7. The van der Waals surface area contributed by atoms with Crippen molar-refractivity contribution < 1.29 is 9.53 Å². The topological polar surface area (TPSA) is 108 Å². The fourth-order valence-corrected chi connectivity index (χ4v) is 5.76. The number of aromatic nitrogens is 4. The number of nitrogen functional groups attached to an aromatic ring is 1. The van der Waals surface area contributed by atoms with Crippen LogP contribution in [-0.2, 0) is 9.53 Å². The number of hydrogen-bond acceptors (Lipinski definition) is 8. The van der Waals surface area contributed by atoms with Gasteiger partial charge in [-0.25, -0.2) is 4.98 Å². The minimum atomic E-state index is -0.0535. The van der Waals surface area contributed by atoms with Crippen LogP contribution in [0.15, 0.2) is 41.7 Å². The van der Waals surface area contributed by atoms with E-state index in [1.165, 1.54) is 28.7 Å². The Morgan fingerprint density at radius 2 is 2.18 bits per heavy atom. The number of anilines is 1. The molecule has 0 radical (unpaired) electrons. The quantitative estimate of drug-likeness (QED) is 0.372. The van der Waals surface area contributed by atoms with Crippen molar-refractivity contribution in [3.05, 3.63) is 47.7 Å². The molecule has 8 nitrogen and oxygen atoms in total. The van der Waals surface area contributed by atoms with Gasteiger partial charge in [0.15, 0.2) is 11.0 Å². The minimum Gasteiger partial charge on any atom is -0.397 e. The smallest absolute Gasteiger partial charge is 0.230 e. The molecule has 3 aromatic heterocycles. The SMILES string of the molecule is Cc1ccc(-n2c(SCC(=O)NCC3CCCO3)nnc2-c2sc3ncccc3c2N)cc1C. The van der Waals surface area contributed by atoms with Crippen LogP contribution >= 0.6 is 23.1 Å². The Hall–Kier alpha value is -2.95. The zero-order valence-corrected chi connectivity index (χ0v) is 20.7. The fourth-order valence-electron chi connectivity index (χ4n) is 3.94. The Morgan fingerprint density at radius 1 is 1.29 bits per heavy atom. The van der Waals surface area contributed by atoms with Crippen LogP contribution in [0.25, 0.3) is 26.6 Å². The molecule has 0 saturated carbocycles. The third kappa shape index (κ3) is 4.53. The monoisotopic (exact) mass is 494 g/mol. The summed E-state index contributed by atoms with van der Waals surface area (Å²) in [5.74, 6) is 0.826. The Labute approximate surface area is 205 Å². The van der Waals surface area contributed by atoms with Crippen molar-refractivity contribution in [2.75, 3.05) is 24.6 Å². The van der Waals surface area contributed by atoms with Crippen LogP contribution in [0.3, 0.4) is 0 Å². The summed E-state index contributed by atoms with van der Waals surface area (Å²) in [4.78, 5) is 18.6. The molecule has 1 aromatic carbocycles. The van der Waals surface area contributed by atoms with E-state index in [9.17, 15) is 4.79 Å². The molecule has 0 spiro atoms. The van der Waals surface area contributed by atoms with Crippen molar-refractivity contribution in [3.8, 4) is 16.4 Å². The van der Waals surface area contributed by atoms with Crippen LogP contribution in [0.1, 0.15) is 24.0 Å². The van der Waals surface area contributed by atoms with Gasteiger partial charge in [-0.1, -0.05) is 17.8 Å². The molecule has 4 heterocycles. The van der Waals surface area contributed by atoms with Gasteiger partial charge in [0.2, 0.25) is 5.91 Å². The van der Waals surface area contributed by atoms with E-state index in [0.29, 0.717) is 23.2 Å². The molecule has 5 rings (SSSR count). The van der Waals surface area contributed by atoms with Gasteiger partial charge in [0, 0.05) is 24.7 Å². The van der Waals surface area contributed by atoms with Gasteiger partial charge in [0.25, 0.3) is 0 Å². The van der Waals surface area contributed by atoms with Crippen molar-refractivity contribution in [2.45, 2.75) is 37.9 Å². The van der Waals surface area contributed by atoms with Gasteiger partial charge in [-0.05, 0) is 62.1 Å². The number of ether oxygens (including phenoxy) is 1. The third-order valence-corrected chi connectivity index (χ3v) is 8.03. The zero-order valence-electron chi connectivity index (χ0n) is 19.1. The molecule has 176 valence electrons. The van der Waals surface area contributed by atoms with E-state index in [4.69, 9.17) is 10.5 Å². The van der Waals surface area contributed by atoms with Crippen LogP contribution in [0.4, 0.5) is 5.69 Å². The second kappa shape index (κ2) is 9.73. The Balaban J connectivity index is 1.46. The van der Waals surface area contributed by atoms with Crippen molar-refractivity contribution in [3.63, 3.8) is 0 Å². The lowest BCUT2D eigenvalue weighted by Crippen LogP contribution is -2.32. The summed E-state index contributed by atoms with van der Waals surface area (Å²) in [6.07, 6.45) is 3.91. The summed E-state index contributed by atoms with van der Waals surface area (Å²) < 4.78 is 7.57. The molecule has 1 amide bonds. The van der Waals surface area contributed by atoms with E-state index >= 15 is 0 Å². The fraction of sp³-hybridized carbons (Fsp3) is 0.333. The highest BCUT2D eigenvalue weighted by molar-refractivity contribution is 7.99. The number of carbonyl (C=O) groups excluding carboxylic acids is 1. The number of amides is 1. The van der Waals surface area contributed by atoms with Gasteiger partial charge in [-0.2, -0.15) is 0 Å². The molecule has 1 unspecified atom stereocenters. The van der Waals surface area contributed by atoms with Crippen LogP contribution in [-0.4, -0.2) is 50.7 Å². The van der Waals surface area contributed by atoms with Gasteiger partial charge in [-0.3, -0.25) is 9.36 Å². The highest BCUT2D eigenvalue weighted by atomic mass is 32.2.